The number of aldehydes is 3. The van der Waals surface area contributed by atoms with Gasteiger partial charge in [0.15, 0.2) is 30.2 Å². The van der Waals surface area contributed by atoms with Crippen LogP contribution in [-0.2, 0) is 62.2 Å². The minimum Gasteiger partial charge on any atom is -0.391 e. The SMILES string of the molecule is C=CC(C(C)CCN1CCOCC1)C(C(=O)NC(CC)C(=O)N(C)CC(=O)N(C)C(C=O)(CC(C)C)NC(CC(C)C)C(=O)N(C)C(CCC)C(=O)NC(C)(C=O)OC(C(=O)N(C)C(C=O)(CC(C)C)NC)C(C)C)N(C)C(=O)C(C(C)O)N(C)C(=O)CCC(C)C. The number of likely N-dealkylation sites (N-methyl/N-ethyl adjacent to an activating group) is 7. The van der Waals surface area contributed by atoms with Crippen molar-refractivity contribution in [2.75, 3.05) is 88.7 Å². The molecule has 0 spiro atoms. The van der Waals surface area contributed by atoms with Gasteiger partial charge in [0.25, 0.3) is 5.91 Å². The lowest BCUT2D eigenvalue weighted by molar-refractivity contribution is -0.176. The summed E-state index contributed by atoms with van der Waals surface area (Å²) < 4.78 is 11.7. The van der Waals surface area contributed by atoms with Crippen LogP contribution in [0.5, 0.6) is 0 Å². The van der Waals surface area contributed by atoms with Gasteiger partial charge in [-0.05, 0) is 108 Å². The first-order valence-corrected chi connectivity index (χ1v) is 33.2. The number of morpholine rings is 1. The van der Waals surface area contributed by atoms with Crippen LogP contribution in [0.4, 0.5) is 0 Å². The quantitative estimate of drug-likeness (QED) is 0.0330. The molecule has 0 aromatic rings. The molecule has 25 nitrogen and oxygen atoms in total. The van der Waals surface area contributed by atoms with Gasteiger partial charge in [-0.25, -0.2) is 0 Å². The number of aliphatic hydroxyl groups excluding tert-OH is 1. The summed E-state index contributed by atoms with van der Waals surface area (Å²) in [6.45, 7) is 33.5. The molecule has 0 saturated carbocycles. The van der Waals surface area contributed by atoms with E-state index >= 15 is 9.59 Å². The molecular weight excluding hydrogens is 1180 g/mol. The topological polar surface area (TPSA) is 297 Å². The van der Waals surface area contributed by atoms with Gasteiger partial charge in [-0.1, -0.05) is 103 Å². The van der Waals surface area contributed by atoms with E-state index in [9.17, 15) is 48.3 Å². The second kappa shape index (κ2) is 39.2. The zero-order valence-corrected chi connectivity index (χ0v) is 60.1. The van der Waals surface area contributed by atoms with Crippen LogP contribution in [0.1, 0.15) is 162 Å². The Morgan fingerprint density at radius 3 is 1.67 bits per heavy atom. The Morgan fingerprint density at radius 2 is 1.22 bits per heavy atom. The van der Waals surface area contributed by atoms with Gasteiger partial charge in [0.2, 0.25) is 41.4 Å². The highest BCUT2D eigenvalue weighted by molar-refractivity contribution is 5.96. The lowest BCUT2D eigenvalue weighted by Gasteiger charge is -2.43. The maximum absolute atomic E-state index is 15.0. The third-order valence-electron chi connectivity index (χ3n) is 17.6. The summed E-state index contributed by atoms with van der Waals surface area (Å²) in [4.78, 5) is 165. The van der Waals surface area contributed by atoms with E-state index in [1.54, 1.807) is 40.8 Å². The van der Waals surface area contributed by atoms with Crippen molar-refractivity contribution in [3.05, 3.63) is 12.7 Å². The molecule has 5 N–H and O–H groups in total. The van der Waals surface area contributed by atoms with Crippen molar-refractivity contribution in [1.29, 1.82) is 0 Å². The fourth-order valence-electron chi connectivity index (χ4n) is 11.9. The number of hydrogen-bond acceptors (Lipinski definition) is 17. The summed E-state index contributed by atoms with van der Waals surface area (Å²) in [6.07, 6.45) is 2.72. The third-order valence-corrected chi connectivity index (χ3v) is 17.6. The van der Waals surface area contributed by atoms with Crippen LogP contribution in [0.25, 0.3) is 0 Å². The molecule has 1 fully saturated rings. The fraction of sp³-hybridized carbons (Fsp3) is 0.806. The van der Waals surface area contributed by atoms with E-state index in [1.807, 2.05) is 62.3 Å². The maximum Gasteiger partial charge on any atom is 0.253 e. The van der Waals surface area contributed by atoms with Crippen LogP contribution in [0.3, 0.4) is 0 Å². The first-order chi connectivity index (χ1) is 42.8. The number of rotatable bonds is 43. The van der Waals surface area contributed by atoms with Crippen molar-refractivity contribution in [3.8, 4) is 0 Å². The molecule has 0 aromatic carbocycles. The number of carbonyl (C=O) groups excluding carboxylic acids is 11. The van der Waals surface area contributed by atoms with E-state index in [2.05, 4.69) is 32.7 Å². The summed E-state index contributed by atoms with van der Waals surface area (Å²) in [6, 6.07) is -6.30. The monoisotopic (exact) mass is 1300 g/mol. The molecule has 25 heteroatoms. The highest BCUT2D eigenvalue weighted by atomic mass is 16.5. The molecule has 528 valence electrons. The Labute approximate surface area is 550 Å². The molecule has 8 amide bonds. The van der Waals surface area contributed by atoms with E-state index in [0.29, 0.717) is 57.9 Å². The zero-order valence-electron chi connectivity index (χ0n) is 60.1. The van der Waals surface area contributed by atoms with Crippen LogP contribution in [-0.4, -0.2) is 254 Å². The second-order valence-electron chi connectivity index (χ2n) is 27.7. The minimum atomic E-state index is -2.10. The van der Waals surface area contributed by atoms with Crippen molar-refractivity contribution in [2.45, 2.75) is 221 Å². The number of carbonyl (C=O) groups is 11. The van der Waals surface area contributed by atoms with E-state index in [0.717, 1.165) is 22.9 Å². The molecule has 0 aromatic heterocycles. The molecule has 1 aliphatic rings. The normalized spacial score (nSPS) is 17.9. The van der Waals surface area contributed by atoms with Gasteiger partial charge in [-0.2, -0.15) is 0 Å². The molecular formula is C67H121N11O14. The van der Waals surface area contributed by atoms with Gasteiger partial charge >= 0.3 is 0 Å². The molecule has 1 rings (SSSR count). The maximum atomic E-state index is 15.0. The van der Waals surface area contributed by atoms with Crippen LogP contribution >= 0.6 is 0 Å². The average molecular weight is 1300 g/mol. The Bertz CT molecular complexity index is 2420. The second-order valence-corrected chi connectivity index (χ2v) is 27.7. The molecule has 1 heterocycles. The van der Waals surface area contributed by atoms with Gasteiger partial charge in [-0.15, -0.1) is 6.58 Å². The Hall–Kier alpha value is -5.73. The predicted molar refractivity (Wildman–Crippen MR) is 355 cm³/mol. The van der Waals surface area contributed by atoms with E-state index in [-0.39, 0.29) is 74.0 Å². The summed E-state index contributed by atoms with van der Waals surface area (Å²) in [5.41, 5.74) is -5.38. The summed E-state index contributed by atoms with van der Waals surface area (Å²) in [5.74, 6) is -6.91. The number of amides is 8. The first-order valence-electron chi connectivity index (χ1n) is 33.2. The van der Waals surface area contributed by atoms with E-state index in [1.165, 1.54) is 75.7 Å². The van der Waals surface area contributed by atoms with E-state index in [4.69, 9.17) is 9.47 Å². The lowest BCUT2D eigenvalue weighted by Crippen LogP contribution is -2.68. The molecule has 0 aliphatic carbocycles. The number of nitrogens with one attached hydrogen (secondary N) is 4. The third kappa shape index (κ3) is 23.9. The number of hydrogen-bond donors (Lipinski definition) is 5. The predicted octanol–water partition coefficient (Wildman–Crippen LogP) is 3.69. The van der Waals surface area contributed by atoms with Crippen molar-refractivity contribution in [3.63, 3.8) is 0 Å². The zero-order chi connectivity index (χ0) is 70.9. The lowest BCUT2D eigenvalue weighted by atomic mass is 9.83. The molecule has 12 unspecified atom stereocenters. The Balaban J connectivity index is 3.75. The summed E-state index contributed by atoms with van der Waals surface area (Å²) >= 11 is 0. The van der Waals surface area contributed by atoms with Crippen molar-refractivity contribution in [2.24, 2.45) is 41.4 Å². The highest BCUT2D eigenvalue weighted by Gasteiger charge is 2.48. The largest absolute Gasteiger partial charge is 0.391 e. The number of ether oxygens (including phenoxy) is 2. The molecule has 1 saturated heterocycles. The molecule has 92 heavy (non-hydrogen) atoms. The summed E-state index contributed by atoms with van der Waals surface area (Å²) in [5, 5.41) is 22.8. The van der Waals surface area contributed by atoms with Gasteiger partial charge in [-0.3, -0.25) is 68.3 Å². The van der Waals surface area contributed by atoms with Gasteiger partial charge in [0.1, 0.15) is 35.9 Å². The van der Waals surface area contributed by atoms with Crippen molar-refractivity contribution in [1.82, 2.24) is 55.6 Å². The van der Waals surface area contributed by atoms with Crippen LogP contribution in [0.2, 0.25) is 0 Å². The van der Waals surface area contributed by atoms with Gasteiger partial charge < -0.3 is 54.6 Å². The van der Waals surface area contributed by atoms with Crippen LogP contribution in [0, 0.1) is 41.4 Å². The van der Waals surface area contributed by atoms with Crippen molar-refractivity contribution >= 4 is 66.1 Å². The number of nitrogens with zero attached hydrogens (tertiary/aromatic N) is 7. The average Bonchev–Trinajstić information content (AvgIpc) is 0.842. The Morgan fingerprint density at radius 1 is 0.652 bits per heavy atom. The van der Waals surface area contributed by atoms with Gasteiger partial charge in [0, 0.05) is 67.7 Å². The van der Waals surface area contributed by atoms with Crippen molar-refractivity contribution < 1.29 is 67.3 Å². The smallest absolute Gasteiger partial charge is 0.253 e. The number of aliphatic hydroxyl groups is 1. The van der Waals surface area contributed by atoms with Crippen LogP contribution in [0.15, 0.2) is 12.7 Å². The standard InChI is InChI=1S/C67H121N11O14/c1-24-27-53(59(85)71-65(16,40-79)92-58(47(12)13)64(90)77(23)66(41-80,68-17)37-45(8)9)73(19)62(88)52(36-44(6)7)70-67(42-81,38-46(10)11)76(22)55(84)39-72(18)61(87)51(26-3)69-60(86)57(50(25-2)48(14)30-31-78-32-34-91-35-33-78)75(21)63(89)56(49(15)82)74(20)54(83)29-28-43(4)5/h25,40-53,56-58,68,70,82H,2,24,26-39H2,1,3-23H3,(H,69,86)(H,71,85). The fourth-order valence-corrected chi connectivity index (χ4v) is 11.9. The van der Waals surface area contributed by atoms with E-state index < -0.39 is 119 Å². The first kappa shape index (κ1) is 84.3. The minimum absolute atomic E-state index is 0.00315. The molecule has 0 radical (unpaired) electrons. The van der Waals surface area contributed by atoms with Gasteiger partial charge in [0.05, 0.1) is 31.9 Å². The molecule has 1 aliphatic heterocycles. The molecule has 12 atom stereocenters. The van der Waals surface area contributed by atoms with Crippen LogP contribution < -0.4 is 21.3 Å². The Kier molecular flexibility index (Phi) is 35.9. The highest BCUT2D eigenvalue weighted by Crippen LogP contribution is 2.29. The summed E-state index contributed by atoms with van der Waals surface area (Å²) in [7, 11) is 10.1. The molecule has 0 bridgehead atoms.